The van der Waals surface area contributed by atoms with E-state index < -0.39 is 0 Å². The van der Waals surface area contributed by atoms with E-state index >= 15 is 0 Å². The van der Waals surface area contributed by atoms with Gasteiger partial charge >= 0.3 is 0 Å². The molecule has 2 rings (SSSR count). The summed E-state index contributed by atoms with van der Waals surface area (Å²) < 4.78 is 5.59. The van der Waals surface area contributed by atoms with Gasteiger partial charge in [0.25, 0.3) is 0 Å². The van der Waals surface area contributed by atoms with Crippen LogP contribution in [0.1, 0.15) is 5.56 Å². The third-order valence-corrected chi connectivity index (χ3v) is 2.73. The highest BCUT2D eigenvalue weighted by atomic mass is 16.5. The first-order valence-corrected chi connectivity index (χ1v) is 6.29. The van der Waals surface area contributed by atoms with Gasteiger partial charge in [0, 0.05) is 17.8 Å². The van der Waals surface area contributed by atoms with Crippen molar-refractivity contribution in [1.82, 2.24) is 0 Å². The molecule has 0 unspecified atom stereocenters. The van der Waals surface area contributed by atoms with Gasteiger partial charge in [0.1, 0.15) is 12.4 Å². The molecule has 0 spiro atoms. The molecular weight excluding hydrogens is 254 g/mol. The summed E-state index contributed by atoms with van der Waals surface area (Å²) in [7, 11) is 0. The second-order valence-corrected chi connectivity index (χ2v) is 4.15. The Morgan fingerprint density at radius 1 is 1.10 bits per heavy atom. The minimum absolute atomic E-state index is 0.0855. The van der Waals surface area contributed by atoms with E-state index in [1.165, 1.54) is 0 Å². The predicted octanol–water partition coefficient (Wildman–Crippen LogP) is 2.27. The molecule has 0 aliphatic rings. The summed E-state index contributed by atoms with van der Waals surface area (Å²) in [6.07, 6.45) is 0. The van der Waals surface area contributed by atoms with Gasteiger partial charge < -0.3 is 21.0 Å². The first-order chi connectivity index (χ1) is 9.79. The van der Waals surface area contributed by atoms with Crippen LogP contribution in [0.3, 0.4) is 0 Å². The van der Waals surface area contributed by atoms with Gasteiger partial charge in [0.2, 0.25) is 0 Å². The molecule has 104 valence electrons. The number of hydrogen-bond acceptors (Lipinski definition) is 4. The van der Waals surface area contributed by atoms with Crippen LogP contribution < -0.4 is 15.8 Å². The number of ether oxygens (including phenoxy) is 1. The highest BCUT2D eigenvalue weighted by Crippen LogP contribution is 2.12. The minimum Gasteiger partial charge on any atom is -0.492 e. The van der Waals surface area contributed by atoms with E-state index in [2.05, 4.69) is 10.5 Å². The van der Waals surface area contributed by atoms with E-state index in [0.29, 0.717) is 18.7 Å². The number of para-hydroxylation sites is 1. The third kappa shape index (κ3) is 3.91. The molecule has 0 aliphatic heterocycles. The number of rotatable bonds is 6. The number of nitrogens with two attached hydrogens (primary N) is 1. The average molecular weight is 271 g/mol. The molecule has 0 saturated carbocycles. The van der Waals surface area contributed by atoms with Gasteiger partial charge in [0.05, 0.1) is 0 Å². The molecule has 0 amide bonds. The van der Waals surface area contributed by atoms with Crippen LogP contribution in [0.15, 0.2) is 59.8 Å². The van der Waals surface area contributed by atoms with Gasteiger partial charge in [-0.3, -0.25) is 0 Å². The second kappa shape index (κ2) is 7.04. The Kier molecular flexibility index (Phi) is 4.83. The number of nitrogens with one attached hydrogen (secondary N) is 1. The molecule has 0 aromatic heterocycles. The fourth-order valence-electron chi connectivity index (χ4n) is 1.70. The fourth-order valence-corrected chi connectivity index (χ4v) is 1.70. The number of hydrogen-bond donors (Lipinski definition) is 3. The topological polar surface area (TPSA) is 79.9 Å². The maximum absolute atomic E-state index is 8.56. The number of benzene rings is 2. The summed E-state index contributed by atoms with van der Waals surface area (Å²) in [6, 6.07) is 17.0. The summed E-state index contributed by atoms with van der Waals surface area (Å²) in [6.45, 7) is 1.27. The monoisotopic (exact) mass is 271 g/mol. The molecule has 0 bridgehead atoms. The van der Waals surface area contributed by atoms with Crippen molar-refractivity contribution < 1.29 is 9.94 Å². The number of anilines is 1. The Bertz CT molecular complexity index is 553. The molecule has 2 aromatic carbocycles. The maximum Gasteiger partial charge on any atom is 0.170 e. The maximum atomic E-state index is 8.56. The summed E-state index contributed by atoms with van der Waals surface area (Å²) in [4.78, 5) is 0. The lowest BCUT2D eigenvalue weighted by molar-refractivity contribution is 0.318. The Morgan fingerprint density at radius 2 is 1.80 bits per heavy atom. The summed E-state index contributed by atoms with van der Waals surface area (Å²) in [5, 5.41) is 14.8. The zero-order valence-corrected chi connectivity index (χ0v) is 11.0. The minimum atomic E-state index is 0.0855. The molecule has 0 radical (unpaired) electrons. The molecule has 0 atom stereocenters. The Balaban J connectivity index is 1.77. The molecule has 4 N–H and O–H groups in total. The van der Waals surface area contributed by atoms with E-state index in [1.54, 1.807) is 24.3 Å². The quantitative estimate of drug-likeness (QED) is 0.247. The van der Waals surface area contributed by atoms with Gasteiger partial charge in [-0.15, -0.1) is 0 Å². The smallest absolute Gasteiger partial charge is 0.170 e. The van der Waals surface area contributed by atoms with E-state index in [4.69, 9.17) is 15.7 Å². The van der Waals surface area contributed by atoms with E-state index in [0.717, 1.165) is 11.4 Å². The van der Waals surface area contributed by atoms with E-state index in [-0.39, 0.29) is 5.84 Å². The van der Waals surface area contributed by atoms with Crippen LogP contribution in [0, 0.1) is 0 Å². The Labute approximate surface area is 117 Å². The first-order valence-electron chi connectivity index (χ1n) is 6.29. The van der Waals surface area contributed by atoms with Crippen molar-refractivity contribution in [3.63, 3.8) is 0 Å². The van der Waals surface area contributed by atoms with Crippen molar-refractivity contribution in [2.24, 2.45) is 10.9 Å². The molecule has 0 saturated heterocycles. The molecule has 2 aromatic rings. The van der Waals surface area contributed by atoms with E-state index in [9.17, 15) is 0 Å². The highest BCUT2D eigenvalue weighted by Gasteiger charge is 1.99. The van der Waals surface area contributed by atoms with Crippen LogP contribution in [-0.4, -0.2) is 24.2 Å². The first kappa shape index (κ1) is 13.7. The summed E-state index contributed by atoms with van der Waals surface area (Å²) >= 11 is 0. The summed E-state index contributed by atoms with van der Waals surface area (Å²) in [5.41, 5.74) is 7.20. The molecule has 0 fully saturated rings. The van der Waals surface area contributed by atoms with Crippen molar-refractivity contribution in [2.75, 3.05) is 18.5 Å². The standard InChI is InChI=1S/C15H17N3O2/c16-15(18-19)12-6-8-14(9-7-12)20-11-10-17-13-4-2-1-3-5-13/h1-9,17,19H,10-11H2,(H2,16,18). The molecule has 0 aliphatic carbocycles. The zero-order valence-electron chi connectivity index (χ0n) is 11.0. The van der Waals surface area contributed by atoms with Crippen molar-refractivity contribution in [1.29, 1.82) is 0 Å². The zero-order chi connectivity index (χ0) is 14.2. The van der Waals surface area contributed by atoms with Gasteiger partial charge in [0.15, 0.2) is 5.84 Å². The SMILES string of the molecule is NC(=NO)c1ccc(OCCNc2ccccc2)cc1. The van der Waals surface area contributed by atoms with Crippen LogP contribution >= 0.6 is 0 Å². The fraction of sp³-hybridized carbons (Fsp3) is 0.133. The predicted molar refractivity (Wildman–Crippen MR) is 79.4 cm³/mol. The lowest BCUT2D eigenvalue weighted by Gasteiger charge is -2.09. The summed E-state index contributed by atoms with van der Waals surface area (Å²) in [5.74, 6) is 0.830. The van der Waals surface area contributed by atoms with Crippen LogP contribution in [-0.2, 0) is 0 Å². The van der Waals surface area contributed by atoms with Crippen molar-refractivity contribution in [3.8, 4) is 5.75 Å². The third-order valence-electron chi connectivity index (χ3n) is 2.73. The lowest BCUT2D eigenvalue weighted by Crippen LogP contribution is -2.13. The molecule has 20 heavy (non-hydrogen) atoms. The average Bonchev–Trinajstić information content (AvgIpc) is 2.52. The Morgan fingerprint density at radius 3 is 2.45 bits per heavy atom. The van der Waals surface area contributed by atoms with Gasteiger partial charge in [-0.1, -0.05) is 23.4 Å². The number of nitrogens with zero attached hydrogens (tertiary/aromatic N) is 1. The molecular formula is C15H17N3O2. The second-order valence-electron chi connectivity index (χ2n) is 4.15. The van der Waals surface area contributed by atoms with Gasteiger partial charge in [-0.2, -0.15) is 0 Å². The Hall–Kier alpha value is -2.69. The van der Waals surface area contributed by atoms with Gasteiger partial charge in [-0.25, -0.2) is 0 Å². The van der Waals surface area contributed by atoms with E-state index in [1.807, 2.05) is 30.3 Å². The molecule has 0 heterocycles. The van der Waals surface area contributed by atoms with Crippen molar-refractivity contribution in [3.05, 3.63) is 60.2 Å². The number of amidine groups is 1. The van der Waals surface area contributed by atoms with Crippen LogP contribution in [0.25, 0.3) is 0 Å². The van der Waals surface area contributed by atoms with Crippen LogP contribution in [0.5, 0.6) is 5.75 Å². The normalized spacial score (nSPS) is 11.1. The molecule has 5 heteroatoms. The van der Waals surface area contributed by atoms with Crippen LogP contribution in [0.2, 0.25) is 0 Å². The largest absolute Gasteiger partial charge is 0.492 e. The lowest BCUT2D eigenvalue weighted by atomic mass is 10.2. The van der Waals surface area contributed by atoms with Crippen molar-refractivity contribution >= 4 is 11.5 Å². The highest BCUT2D eigenvalue weighted by molar-refractivity contribution is 5.97. The molecule has 5 nitrogen and oxygen atoms in total. The van der Waals surface area contributed by atoms with Crippen molar-refractivity contribution in [2.45, 2.75) is 0 Å². The van der Waals surface area contributed by atoms with Gasteiger partial charge in [-0.05, 0) is 36.4 Å². The van der Waals surface area contributed by atoms with Crippen LogP contribution in [0.4, 0.5) is 5.69 Å². The number of oxime groups is 1.